The van der Waals surface area contributed by atoms with Gasteiger partial charge in [0.1, 0.15) is 0 Å². The van der Waals surface area contributed by atoms with Crippen LogP contribution in [0.25, 0.3) is 0 Å². The molecule has 1 saturated heterocycles. The molecule has 0 amide bonds. The summed E-state index contributed by atoms with van der Waals surface area (Å²) in [6, 6.07) is 4.92. The van der Waals surface area contributed by atoms with Gasteiger partial charge >= 0.3 is 0 Å². The topological polar surface area (TPSA) is 32.7 Å². The molecule has 0 saturated carbocycles. The third kappa shape index (κ3) is 3.70. The summed E-state index contributed by atoms with van der Waals surface area (Å²) in [4.78, 5) is 2.38. The molecule has 1 aromatic rings. The molecule has 20 heavy (non-hydrogen) atoms. The fourth-order valence-electron chi connectivity index (χ4n) is 2.89. The first-order chi connectivity index (χ1) is 9.56. The minimum absolute atomic E-state index is 0.249. The zero-order valence-corrected chi connectivity index (χ0v) is 12.4. The lowest BCUT2D eigenvalue weighted by atomic mass is 9.85. The van der Waals surface area contributed by atoms with Gasteiger partial charge in [0.15, 0.2) is 11.6 Å². The van der Waals surface area contributed by atoms with E-state index in [1.54, 1.807) is 6.07 Å². The van der Waals surface area contributed by atoms with Crippen molar-refractivity contribution in [3.63, 3.8) is 0 Å². The first kappa shape index (κ1) is 15.3. The molecule has 1 aliphatic heterocycles. The van der Waals surface area contributed by atoms with Crippen LogP contribution in [0.3, 0.4) is 0 Å². The second kappa shape index (κ2) is 6.55. The minimum atomic E-state index is -0.703. The Kier molecular flexibility index (Phi) is 5.00. The molecule has 0 aromatic heterocycles. The molecule has 1 N–H and O–H groups in total. The number of ether oxygens (including phenoxy) is 1. The Labute approximate surface area is 120 Å². The summed E-state index contributed by atoms with van der Waals surface area (Å²) < 4.78 is 18.6. The van der Waals surface area contributed by atoms with Gasteiger partial charge in [-0.25, -0.2) is 4.39 Å². The van der Waals surface area contributed by atoms with Gasteiger partial charge in [0.05, 0.1) is 12.7 Å². The number of methoxy groups -OCH3 is 1. The maximum Gasteiger partial charge on any atom is 0.165 e. The molecule has 1 aliphatic rings. The van der Waals surface area contributed by atoms with Gasteiger partial charge in [0.2, 0.25) is 0 Å². The number of hydrogen-bond acceptors (Lipinski definition) is 3. The van der Waals surface area contributed by atoms with Gasteiger partial charge in [-0.1, -0.05) is 13.0 Å². The van der Waals surface area contributed by atoms with Crippen molar-refractivity contribution in [2.45, 2.75) is 38.2 Å². The molecule has 1 fully saturated rings. The third-order valence-electron chi connectivity index (χ3n) is 4.08. The van der Waals surface area contributed by atoms with Crippen LogP contribution in [0.4, 0.5) is 4.39 Å². The molecule has 1 heterocycles. The molecule has 0 aliphatic carbocycles. The normalized spacial score (nSPS) is 19.0. The first-order valence-corrected chi connectivity index (χ1v) is 7.33. The summed E-state index contributed by atoms with van der Waals surface area (Å²) in [6.07, 6.45) is 3.15. The molecule has 0 spiro atoms. The van der Waals surface area contributed by atoms with Crippen molar-refractivity contribution in [1.29, 1.82) is 0 Å². The number of likely N-dealkylation sites (tertiary alicyclic amines) is 1. The molecule has 112 valence electrons. The zero-order valence-electron chi connectivity index (χ0n) is 12.4. The van der Waals surface area contributed by atoms with Crippen LogP contribution in [0.1, 0.15) is 31.7 Å². The van der Waals surface area contributed by atoms with E-state index in [0.29, 0.717) is 6.42 Å². The lowest BCUT2D eigenvalue weighted by Crippen LogP contribution is -2.45. The summed E-state index contributed by atoms with van der Waals surface area (Å²) >= 11 is 0. The smallest absolute Gasteiger partial charge is 0.165 e. The molecular weight excluding hydrogens is 257 g/mol. The minimum Gasteiger partial charge on any atom is -0.494 e. The highest BCUT2D eigenvalue weighted by molar-refractivity contribution is 5.30. The predicted molar refractivity (Wildman–Crippen MR) is 77.6 cm³/mol. The van der Waals surface area contributed by atoms with Crippen molar-refractivity contribution >= 4 is 0 Å². The molecular formula is C16H24FNO2. The fraction of sp³-hybridized carbons (Fsp3) is 0.625. The maximum atomic E-state index is 13.7. The van der Waals surface area contributed by atoms with Gasteiger partial charge in [0, 0.05) is 19.5 Å². The fourth-order valence-corrected chi connectivity index (χ4v) is 2.89. The lowest BCUT2D eigenvalue weighted by Gasteiger charge is -2.38. The molecule has 3 nitrogen and oxygen atoms in total. The quantitative estimate of drug-likeness (QED) is 0.900. The molecule has 4 heteroatoms. The van der Waals surface area contributed by atoms with E-state index in [2.05, 4.69) is 11.8 Å². The zero-order chi connectivity index (χ0) is 14.6. The van der Waals surface area contributed by atoms with E-state index in [4.69, 9.17) is 4.74 Å². The van der Waals surface area contributed by atoms with Crippen LogP contribution in [0.15, 0.2) is 18.2 Å². The largest absolute Gasteiger partial charge is 0.494 e. The average Bonchev–Trinajstić information content (AvgIpc) is 2.42. The van der Waals surface area contributed by atoms with Crippen LogP contribution in [0.5, 0.6) is 5.75 Å². The Morgan fingerprint density at radius 3 is 2.60 bits per heavy atom. The van der Waals surface area contributed by atoms with Gasteiger partial charge in [-0.2, -0.15) is 0 Å². The van der Waals surface area contributed by atoms with Crippen LogP contribution < -0.4 is 4.74 Å². The lowest BCUT2D eigenvalue weighted by molar-refractivity contribution is -0.0205. The van der Waals surface area contributed by atoms with Gasteiger partial charge in [0.25, 0.3) is 0 Å². The van der Waals surface area contributed by atoms with Crippen LogP contribution in [-0.2, 0) is 6.42 Å². The van der Waals surface area contributed by atoms with Gasteiger partial charge in [-0.3, -0.25) is 0 Å². The number of aliphatic hydroxyl groups is 1. The SMILES string of the molecule is CCCN1CCC(O)(Cc2ccc(OC)c(F)c2)CC1. The first-order valence-electron chi connectivity index (χ1n) is 7.33. The Morgan fingerprint density at radius 2 is 2.05 bits per heavy atom. The van der Waals surface area contributed by atoms with Crippen molar-refractivity contribution in [3.8, 4) is 5.75 Å². The van der Waals surface area contributed by atoms with Crippen molar-refractivity contribution in [3.05, 3.63) is 29.6 Å². The second-order valence-corrected chi connectivity index (χ2v) is 5.71. The number of nitrogens with zero attached hydrogens (tertiary/aromatic N) is 1. The number of hydrogen-bond donors (Lipinski definition) is 1. The maximum absolute atomic E-state index is 13.7. The van der Waals surface area contributed by atoms with E-state index in [9.17, 15) is 9.50 Å². The Balaban J connectivity index is 1.97. The van der Waals surface area contributed by atoms with Crippen LogP contribution in [-0.4, -0.2) is 42.4 Å². The van der Waals surface area contributed by atoms with E-state index in [0.717, 1.165) is 44.5 Å². The van der Waals surface area contributed by atoms with Gasteiger partial charge in [-0.15, -0.1) is 0 Å². The van der Waals surface area contributed by atoms with Crippen molar-refractivity contribution in [1.82, 2.24) is 4.90 Å². The molecule has 0 atom stereocenters. The van der Waals surface area contributed by atoms with E-state index in [1.807, 2.05) is 6.07 Å². The van der Waals surface area contributed by atoms with Crippen molar-refractivity contribution < 1.29 is 14.2 Å². The number of benzene rings is 1. The summed E-state index contributed by atoms with van der Waals surface area (Å²) in [5.74, 6) is -0.115. The van der Waals surface area contributed by atoms with E-state index in [-0.39, 0.29) is 11.6 Å². The average molecular weight is 281 g/mol. The molecule has 0 bridgehead atoms. The van der Waals surface area contributed by atoms with Gasteiger partial charge < -0.3 is 14.7 Å². The number of piperidine rings is 1. The Bertz CT molecular complexity index is 442. The highest BCUT2D eigenvalue weighted by Crippen LogP contribution is 2.28. The molecule has 0 unspecified atom stereocenters. The number of halogens is 1. The standard InChI is InChI=1S/C16H24FNO2/c1-3-8-18-9-6-16(19,7-10-18)12-13-4-5-15(20-2)14(17)11-13/h4-5,11,19H,3,6-10,12H2,1-2H3. The highest BCUT2D eigenvalue weighted by Gasteiger charge is 2.32. The van der Waals surface area contributed by atoms with E-state index in [1.165, 1.54) is 13.2 Å². The highest BCUT2D eigenvalue weighted by atomic mass is 19.1. The molecule has 2 rings (SSSR count). The third-order valence-corrected chi connectivity index (χ3v) is 4.08. The van der Waals surface area contributed by atoms with Gasteiger partial charge in [-0.05, 0) is 43.5 Å². The van der Waals surface area contributed by atoms with Crippen LogP contribution >= 0.6 is 0 Å². The summed E-state index contributed by atoms with van der Waals surface area (Å²) in [5, 5.41) is 10.6. The molecule has 0 radical (unpaired) electrons. The Hall–Kier alpha value is -1.13. The summed E-state index contributed by atoms with van der Waals surface area (Å²) in [7, 11) is 1.45. The van der Waals surface area contributed by atoms with E-state index >= 15 is 0 Å². The second-order valence-electron chi connectivity index (χ2n) is 5.71. The van der Waals surface area contributed by atoms with Crippen molar-refractivity contribution in [2.75, 3.05) is 26.7 Å². The molecule has 1 aromatic carbocycles. The van der Waals surface area contributed by atoms with Crippen LogP contribution in [0.2, 0.25) is 0 Å². The van der Waals surface area contributed by atoms with Crippen LogP contribution in [0, 0.1) is 5.82 Å². The predicted octanol–water partition coefficient (Wildman–Crippen LogP) is 2.61. The monoisotopic (exact) mass is 281 g/mol. The summed E-state index contributed by atoms with van der Waals surface area (Å²) in [6.45, 7) is 5.10. The summed E-state index contributed by atoms with van der Waals surface area (Å²) in [5.41, 5.74) is 0.125. The number of rotatable bonds is 5. The Morgan fingerprint density at radius 1 is 1.35 bits per heavy atom. The van der Waals surface area contributed by atoms with E-state index < -0.39 is 5.60 Å². The van der Waals surface area contributed by atoms with Crippen molar-refractivity contribution in [2.24, 2.45) is 0 Å².